The van der Waals surface area contributed by atoms with Crippen LogP contribution in [0.15, 0.2) is 53.7 Å². The number of carbonyl (C=O) groups is 2. The van der Waals surface area contributed by atoms with Crippen molar-refractivity contribution in [1.29, 1.82) is 0 Å². The average molecular weight is 416 g/mol. The summed E-state index contributed by atoms with van der Waals surface area (Å²) in [4.78, 5) is 28.5. The van der Waals surface area contributed by atoms with E-state index in [1.54, 1.807) is 42.6 Å². The number of amides is 2. The number of rotatable bonds is 6. The van der Waals surface area contributed by atoms with Crippen LogP contribution in [-0.4, -0.2) is 37.8 Å². The summed E-state index contributed by atoms with van der Waals surface area (Å²) in [5.74, 6) is -1.56. The van der Waals surface area contributed by atoms with E-state index in [1.165, 1.54) is 6.20 Å². The van der Waals surface area contributed by atoms with E-state index >= 15 is 0 Å². The molecule has 1 atom stereocenters. The van der Waals surface area contributed by atoms with E-state index in [1.807, 2.05) is 6.92 Å². The molecule has 1 heterocycles. The molecule has 0 radical (unpaired) electrons. The monoisotopic (exact) mass is 415 g/mol. The normalized spacial score (nSPS) is 15.6. The van der Waals surface area contributed by atoms with E-state index in [4.69, 9.17) is 0 Å². The van der Waals surface area contributed by atoms with Crippen molar-refractivity contribution >= 4 is 21.7 Å². The van der Waals surface area contributed by atoms with Crippen LogP contribution in [0.3, 0.4) is 0 Å². The van der Waals surface area contributed by atoms with E-state index in [2.05, 4.69) is 15.6 Å². The van der Waals surface area contributed by atoms with Gasteiger partial charge >= 0.3 is 11.8 Å². The van der Waals surface area contributed by atoms with E-state index < -0.39 is 26.9 Å². The van der Waals surface area contributed by atoms with E-state index in [0.29, 0.717) is 5.56 Å². The highest BCUT2D eigenvalue weighted by molar-refractivity contribution is 7.91. The second-order valence-electron chi connectivity index (χ2n) is 7.30. The lowest BCUT2D eigenvalue weighted by atomic mass is 10.2. The molecular weight excluding hydrogens is 390 g/mol. The topological polar surface area (TPSA) is 105 Å². The third kappa shape index (κ3) is 5.20. The molecule has 2 aromatic rings. The maximum atomic E-state index is 13.2. The first-order valence-electron chi connectivity index (χ1n) is 9.67. The molecule has 29 heavy (non-hydrogen) atoms. The number of pyridine rings is 1. The molecule has 2 N–H and O–H groups in total. The van der Waals surface area contributed by atoms with Crippen molar-refractivity contribution in [2.75, 3.05) is 6.54 Å². The Labute approximate surface area is 170 Å². The summed E-state index contributed by atoms with van der Waals surface area (Å²) in [7, 11) is -3.80. The number of sulfone groups is 1. The molecule has 3 rings (SSSR count). The van der Waals surface area contributed by atoms with Gasteiger partial charge in [0.25, 0.3) is 0 Å². The predicted octanol–water partition coefficient (Wildman–Crippen LogP) is 2.08. The number of hydrogen-bond donors (Lipinski definition) is 2. The van der Waals surface area contributed by atoms with Crippen LogP contribution in [0, 0.1) is 6.92 Å². The van der Waals surface area contributed by atoms with Gasteiger partial charge in [-0.15, -0.1) is 0 Å². The van der Waals surface area contributed by atoms with Gasteiger partial charge in [-0.05, 0) is 43.5 Å². The minimum absolute atomic E-state index is 0.0126. The van der Waals surface area contributed by atoms with Crippen molar-refractivity contribution in [3.63, 3.8) is 0 Å². The van der Waals surface area contributed by atoms with Crippen LogP contribution in [0.1, 0.15) is 42.1 Å². The number of benzene rings is 1. The smallest absolute Gasteiger partial charge is 0.309 e. The van der Waals surface area contributed by atoms with Crippen molar-refractivity contribution in [3.05, 3.63) is 59.9 Å². The Hall–Kier alpha value is -2.74. The Morgan fingerprint density at radius 1 is 1.10 bits per heavy atom. The van der Waals surface area contributed by atoms with Crippen molar-refractivity contribution in [1.82, 2.24) is 15.6 Å². The Morgan fingerprint density at radius 3 is 2.41 bits per heavy atom. The van der Waals surface area contributed by atoms with Gasteiger partial charge < -0.3 is 10.6 Å². The van der Waals surface area contributed by atoms with Gasteiger partial charge in [-0.1, -0.05) is 36.6 Å². The molecule has 0 saturated heterocycles. The zero-order chi connectivity index (χ0) is 20.9. The first-order chi connectivity index (χ1) is 13.9. The lowest BCUT2D eigenvalue weighted by Crippen LogP contribution is -2.45. The molecule has 1 aromatic heterocycles. The average Bonchev–Trinajstić information content (AvgIpc) is 3.22. The zero-order valence-corrected chi connectivity index (χ0v) is 17.1. The SMILES string of the molecule is Cc1ccc(S(=O)(=O)[C@@H](CNC(=O)C(=O)NC2CCCC2)c2cccnc2)cc1. The molecule has 1 aromatic carbocycles. The number of aromatic nitrogens is 1. The summed E-state index contributed by atoms with van der Waals surface area (Å²) in [5.41, 5.74) is 1.39. The van der Waals surface area contributed by atoms with Crippen molar-refractivity contribution in [2.45, 2.75) is 48.8 Å². The Bertz CT molecular complexity index is 953. The molecule has 154 valence electrons. The molecule has 1 saturated carbocycles. The fraction of sp³-hybridized carbons (Fsp3) is 0.381. The minimum Gasteiger partial charge on any atom is -0.346 e. The summed E-state index contributed by atoms with van der Waals surface area (Å²) in [6.07, 6.45) is 6.79. The molecule has 1 aliphatic rings. The number of nitrogens with zero attached hydrogens (tertiary/aromatic N) is 1. The molecule has 8 heteroatoms. The Kier molecular flexibility index (Phi) is 6.64. The Morgan fingerprint density at radius 2 is 1.79 bits per heavy atom. The van der Waals surface area contributed by atoms with Crippen LogP contribution in [-0.2, 0) is 19.4 Å². The van der Waals surface area contributed by atoms with Crippen molar-refractivity contribution in [2.24, 2.45) is 0 Å². The van der Waals surface area contributed by atoms with Crippen LogP contribution in [0.2, 0.25) is 0 Å². The third-order valence-corrected chi connectivity index (χ3v) is 7.24. The van der Waals surface area contributed by atoms with Gasteiger partial charge in [-0.2, -0.15) is 0 Å². The molecule has 1 fully saturated rings. The van der Waals surface area contributed by atoms with Crippen molar-refractivity contribution in [3.8, 4) is 0 Å². The van der Waals surface area contributed by atoms with Crippen LogP contribution < -0.4 is 10.6 Å². The molecule has 0 unspecified atom stereocenters. The summed E-state index contributed by atoms with van der Waals surface area (Å²) in [5, 5.41) is 4.14. The number of aryl methyl sites for hydroxylation is 1. The highest BCUT2D eigenvalue weighted by Gasteiger charge is 2.31. The first-order valence-corrected chi connectivity index (χ1v) is 11.2. The van der Waals surface area contributed by atoms with Crippen LogP contribution in [0.25, 0.3) is 0 Å². The molecule has 2 amide bonds. The van der Waals surface area contributed by atoms with Gasteiger partial charge in [0.15, 0.2) is 9.84 Å². The summed E-state index contributed by atoms with van der Waals surface area (Å²) < 4.78 is 26.5. The van der Waals surface area contributed by atoms with Gasteiger partial charge in [0.2, 0.25) is 0 Å². The molecule has 1 aliphatic carbocycles. The second kappa shape index (κ2) is 9.17. The lowest BCUT2D eigenvalue weighted by Gasteiger charge is -2.19. The summed E-state index contributed by atoms with van der Waals surface area (Å²) in [6, 6.07) is 9.83. The highest BCUT2D eigenvalue weighted by Crippen LogP contribution is 2.28. The largest absolute Gasteiger partial charge is 0.346 e. The standard InChI is InChI=1S/C21H25N3O4S/c1-15-8-10-18(11-9-15)29(27,28)19(16-5-4-12-22-13-16)14-23-20(25)21(26)24-17-6-2-3-7-17/h4-5,8-13,17,19H,2-3,6-7,14H2,1H3,(H,23,25)(H,24,26)/t19-/m0/s1. The molecular formula is C21H25N3O4S. The van der Waals surface area contributed by atoms with Crippen LogP contribution in [0.4, 0.5) is 0 Å². The molecule has 0 spiro atoms. The third-order valence-electron chi connectivity index (χ3n) is 5.12. The van der Waals surface area contributed by atoms with Gasteiger partial charge in [0.1, 0.15) is 5.25 Å². The number of hydrogen-bond acceptors (Lipinski definition) is 5. The highest BCUT2D eigenvalue weighted by atomic mass is 32.2. The van der Waals surface area contributed by atoms with Gasteiger partial charge in [-0.3, -0.25) is 14.6 Å². The second-order valence-corrected chi connectivity index (χ2v) is 9.43. The predicted molar refractivity (Wildman–Crippen MR) is 109 cm³/mol. The maximum absolute atomic E-state index is 13.2. The van der Waals surface area contributed by atoms with Crippen LogP contribution in [0.5, 0.6) is 0 Å². The maximum Gasteiger partial charge on any atom is 0.309 e. The zero-order valence-electron chi connectivity index (χ0n) is 16.3. The number of nitrogens with one attached hydrogen (secondary N) is 2. The summed E-state index contributed by atoms with van der Waals surface area (Å²) >= 11 is 0. The van der Waals surface area contributed by atoms with E-state index in [-0.39, 0.29) is 17.5 Å². The van der Waals surface area contributed by atoms with Gasteiger partial charge in [0, 0.05) is 25.0 Å². The molecule has 7 nitrogen and oxygen atoms in total. The fourth-order valence-electron chi connectivity index (χ4n) is 3.45. The molecule has 0 aliphatic heterocycles. The lowest BCUT2D eigenvalue weighted by molar-refractivity contribution is -0.139. The van der Waals surface area contributed by atoms with Gasteiger partial charge in [-0.25, -0.2) is 8.42 Å². The van der Waals surface area contributed by atoms with E-state index in [9.17, 15) is 18.0 Å². The number of carbonyl (C=O) groups excluding carboxylic acids is 2. The van der Waals surface area contributed by atoms with Crippen LogP contribution >= 0.6 is 0 Å². The van der Waals surface area contributed by atoms with E-state index in [0.717, 1.165) is 31.2 Å². The van der Waals surface area contributed by atoms with Gasteiger partial charge in [0.05, 0.1) is 4.90 Å². The van der Waals surface area contributed by atoms with Crippen molar-refractivity contribution < 1.29 is 18.0 Å². The Balaban J connectivity index is 1.76. The fourth-order valence-corrected chi connectivity index (χ4v) is 5.10. The first kappa shape index (κ1) is 21.0. The minimum atomic E-state index is -3.80. The summed E-state index contributed by atoms with van der Waals surface area (Å²) in [6.45, 7) is 1.65. The quantitative estimate of drug-likeness (QED) is 0.703. The molecule has 0 bridgehead atoms.